The maximum Gasteiger partial charge on any atom is 0.229 e. The van der Waals surface area contributed by atoms with Crippen molar-refractivity contribution in [2.24, 2.45) is 5.92 Å². The second-order valence-electron chi connectivity index (χ2n) is 5.31. The maximum atomic E-state index is 12.5. The number of nitrogens with zero attached hydrogens (tertiary/aromatic N) is 2. The summed E-state index contributed by atoms with van der Waals surface area (Å²) in [5.74, 6) is -0.0175. The summed E-state index contributed by atoms with van der Waals surface area (Å²) in [4.78, 5) is 14.2. The normalized spacial score (nSPS) is 21.0. The van der Waals surface area contributed by atoms with Crippen molar-refractivity contribution in [3.63, 3.8) is 0 Å². The molecule has 1 fully saturated rings. The third-order valence-corrected chi connectivity index (χ3v) is 3.74. The van der Waals surface area contributed by atoms with Gasteiger partial charge in [-0.3, -0.25) is 4.79 Å². The molecule has 1 amide bonds. The summed E-state index contributed by atoms with van der Waals surface area (Å²) in [5.41, 5.74) is 1.65. The molecule has 112 valence electrons. The van der Waals surface area contributed by atoms with Crippen molar-refractivity contribution in [3.8, 4) is 6.07 Å². The minimum atomic E-state index is -0.117. The topological polar surface area (TPSA) is 65.4 Å². The van der Waals surface area contributed by atoms with Crippen LogP contribution in [0, 0.1) is 17.2 Å². The first-order chi connectivity index (χ1) is 10.2. The van der Waals surface area contributed by atoms with Crippen LogP contribution in [0.25, 0.3) is 0 Å². The number of hydrogen-bond acceptors (Lipinski definition) is 4. The highest BCUT2D eigenvalue weighted by Gasteiger charge is 2.35. The van der Waals surface area contributed by atoms with Gasteiger partial charge >= 0.3 is 0 Å². The number of benzene rings is 1. The Morgan fingerprint density at radius 3 is 2.76 bits per heavy atom. The highest BCUT2D eigenvalue weighted by molar-refractivity contribution is 5.79. The number of likely N-dealkylation sites (N-methyl/N-ethyl adjacent to an activating group) is 1. The molecule has 1 aliphatic rings. The summed E-state index contributed by atoms with van der Waals surface area (Å²) < 4.78 is 5.43. The molecule has 0 spiro atoms. The van der Waals surface area contributed by atoms with Gasteiger partial charge in [0, 0.05) is 19.6 Å². The zero-order valence-corrected chi connectivity index (χ0v) is 12.5. The Hall–Kier alpha value is -1.90. The lowest BCUT2D eigenvalue weighted by atomic mass is 10.0. The number of amides is 1. The molecular formula is C16H21N3O2. The Kier molecular flexibility index (Phi) is 5.32. The molecule has 2 rings (SSSR count). The minimum absolute atomic E-state index is 0.0998. The van der Waals surface area contributed by atoms with Crippen molar-refractivity contribution in [2.45, 2.75) is 19.5 Å². The number of rotatable bonds is 5. The predicted octanol–water partition coefficient (Wildman–Crippen LogP) is 1.14. The molecule has 2 unspecified atom stereocenters. The standard InChI is InChI=1S/C16H21N3O2/c1-3-18-15-11-21-10-14(15)16(20)19(2)9-13-6-4-12(8-17)5-7-13/h4-7,14-15,18H,3,9-11H2,1-2H3. The summed E-state index contributed by atoms with van der Waals surface area (Å²) in [5, 5.41) is 12.1. The molecule has 5 heteroatoms. The van der Waals surface area contributed by atoms with E-state index in [0.717, 1.165) is 12.1 Å². The number of carbonyl (C=O) groups excluding carboxylic acids is 1. The van der Waals surface area contributed by atoms with E-state index in [4.69, 9.17) is 10.00 Å². The third-order valence-electron chi connectivity index (χ3n) is 3.74. The van der Waals surface area contributed by atoms with Crippen LogP contribution >= 0.6 is 0 Å². The van der Waals surface area contributed by atoms with E-state index in [1.807, 2.05) is 26.1 Å². The monoisotopic (exact) mass is 287 g/mol. The van der Waals surface area contributed by atoms with Gasteiger partial charge in [-0.05, 0) is 24.2 Å². The van der Waals surface area contributed by atoms with E-state index in [9.17, 15) is 4.79 Å². The van der Waals surface area contributed by atoms with Crippen LogP contribution < -0.4 is 5.32 Å². The maximum absolute atomic E-state index is 12.5. The summed E-state index contributed by atoms with van der Waals surface area (Å²) in [7, 11) is 1.81. The molecule has 0 aliphatic carbocycles. The van der Waals surface area contributed by atoms with E-state index in [0.29, 0.717) is 25.3 Å². The second kappa shape index (κ2) is 7.21. The quantitative estimate of drug-likeness (QED) is 0.882. The number of ether oxygens (including phenoxy) is 1. The third kappa shape index (κ3) is 3.81. The van der Waals surface area contributed by atoms with E-state index >= 15 is 0 Å². The van der Waals surface area contributed by atoms with E-state index in [-0.39, 0.29) is 17.9 Å². The Bertz CT molecular complexity index is 521. The van der Waals surface area contributed by atoms with Crippen molar-refractivity contribution in [1.82, 2.24) is 10.2 Å². The summed E-state index contributed by atoms with van der Waals surface area (Å²) >= 11 is 0. The first-order valence-electron chi connectivity index (χ1n) is 7.20. The van der Waals surface area contributed by atoms with E-state index in [1.54, 1.807) is 17.0 Å². The molecule has 2 atom stereocenters. The van der Waals surface area contributed by atoms with Crippen molar-refractivity contribution in [3.05, 3.63) is 35.4 Å². The molecule has 0 saturated carbocycles. The zero-order valence-electron chi connectivity index (χ0n) is 12.5. The fourth-order valence-corrected chi connectivity index (χ4v) is 2.58. The first kappa shape index (κ1) is 15.5. The summed E-state index contributed by atoms with van der Waals surface area (Å²) in [6.07, 6.45) is 0. The molecule has 1 aromatic carbocycles. The van der Waals surface area contributed by atoms with Crippen molar-refractivity contribution in [2.75, 3.05) is 26.8 Å². The lowest BCUT2D eigenvalue weighted by Crippen LogP contribution is -2.44. The zero-order chi connectivity index (χ0) is 15.2. The average Bonchev–Trinajstić information content (AvgIpc) is 2.96. The number of nitrogens with one attached hydrogen (secondary N) is 1. The molecule has 1 aromatic rings. The molecular weight excluding hydrogens is 266 g/mol. The Morgan fingerprint density at radius 2 is 2.14 bits per heavy atom. The molecule has 0 aromatic heterocycles. The molecule has 1 aliphatic heterocycles. The molecule has 0 bridgehead atoms. The van der Waals surface area contributed by atoms with E-state index < -0.39 is 0 Å². The second-order valence-corrected chi connectivity index (χ2v) is 5.31. The number of hydrogen-bond donors (Lipinski definition) is 1. The van der Waals surface area contributed by atoms with Crippen LogP contribution in [0.5, 0.6) is 0 Å². The average molecular weight is 287 g/mol. The fourth-order valence-electron chi connectivity index (χ4n) is 2.58. The van der Waals surface area contributed by atoms with Gasteiger partial charge < -0.3 is 15.0 Å². The Morgan fingerprint density at radius 1 is 1.43 bits per heavy atom. The van der Waals surface area contributed by atoms with Crippen LogP contribution in [-0.2, 0) is 16.1 Å². The van der Waals surface area contributed by atoms with Crippen molar-refractivity contribution >= 4 is 5.91 Å². The number of nitriles is 1. The summed E-state index contributed by atoms with van der Waals surface area (Å²) in [6, 6.07) is 9.50. The highest BCUT2D eigenvalue weighted by Crippen LogP contribution is 2.17. The van der Waals surface area contributed by atoms with Gasteiger partial charge in [0.05, 0.1) is 30.8 Å². The largest absolute Gasteiger partial charge is 0.379 e. The van der Waals surface area contributed by atoms with Crippen LogP contribution in [0.1, 0.15) is 18.1 Å². The van der Waals surface area contributed by atoms with E-state index in [2.05, 4.69) is 11.4 Å². The van der Waals surface area contributed by atoms with Crippen LogP contribution in [-0.4, -0.2) is 43.7 Å². The molecule has 5 nitrogen and oxygen atoms in total. The summed E-state index contributed by atoms with van der Waals surface area (Å²) in [6.45, 7) is 4.47. The van der Waals surface area contributed by atoms with Gasteiger partial charge in [0.2, 0.25) is 5.91 Å². The molecule has 1 heterocycles. The molecule has 0 radical (unpaired) electrons. The molecule has 1 N–H and O–H groups in total. The van der Waals surface area contributed by atoms with Gasteiger partial charge in [-0.2, -0.15) is 5.26 Å². The van der Waals surface area contributed by atoms with Gasteiger partial charge in [0.1, 0.15) is 0 Å². The smallest absolute Gasteiger partial charge is 0.229 e. The SMILES string of the molecule is CCNC1COCC1C(=O)N(C)Cc1ccc(C#N)cc1. The van der Waals surface area contributed by atoms with Gasteiger partial charge in [-0.25, -0.2) is 0 Å². The first-order valence-corrected chi connectivity index (χ1v) is 7.20. The van der Waals surface area contributed by atoms with Crippen molar-refractivity contribution < 1.29 is 9.53 Å². The number of carbonyl (C=O) groups is 1. The highest BCUT2D eigenvalue weighted by atomic mass is 16.5. The lowest BCUT2D eigenvalue weighted by molar-refractivity contribution is -0.135. The van der Waals surface area contributed by atoms with Gasteiger partial charge in [0.25, 0.3) is 0 Å². The van der Waals surface area contributed by atoms with E-state index in [1.165, 1.54) is 0 Å². The molecule has 1 saturated heterocycles. The lowest BCUT2D eigenvalue weighted by Gasteiger charge is -2.24. The van der Waals surface area contributed by atoms with Gasteiger partial charge in [-0.1, -0.05) is 19.1 Å². The van der Waals surface area contributed by atoms with Crippen LogP contribution in [0.3, 0.4) is 0 Å². The fraction of sp³-hybridized carbons (Fsp3) is 0.500. The molecule has 21 heavy (non-hydrogen) atoms. The van der Waals surface area contributed by atoms with Crippen LogP contribution in [0.15, 0.2) is 24.3 Å². The van der Waals surface area contributed by atoms with Crippen LogP contribution in [0.4, 0.5) is 0 Å². The Labute approximate surface area is 125 Å². The van der Waals surface area contributed by atoms with Gasteiger partial charge in [-0.15, -0.1) is 0 Å². The van der Waals surface area contributed by atoms with Crippen molar-refractivity contribution in [1.29, 1.82) is 5.26 Å². The minimum Gasteiger partial charge on any atom is -0.379 e. The van der Waals surface area contributed by atoms with Gasteiger partial charge in [0.15, 0.2) is 0 Å². The Balaban J connectivity index is 1.97. The van der Waals surface area contributed by atoms with Crippen LogP contribution in [0.2, 0.25) is 0 Å². The predicted molar refractivity (Wildman–Crippen MR) is 79.4 cm³/mol.